The Morgan fingerprint density at radius 3 is 2.17 bits per heavy atom. The number of likely N-dealkylation sites (tertiary alicyclic amines) is 1. The van der Waals surface area contributed by atoms with Crippen LogP contribution in [-0.2, 0) is 4.57 Å². The molecule has 0 bridgehead atoms. The number of rotatable bonds is 6. The third kappa shape index (κ3) is 3.53. The maximum Gasteiger partial charge on any atom is 0.175 e. The summed E-state index contributed by atoms with van der Waals surface area (Å²) in [5, 5.41) is 9.14. The van der Waals surface area contributed by atoms with Gasteiger partial charge < -0.3 is 5.11 Å². The molecule has 1 saturated heterocycles. The van der Waals surface area contributed by atoms with E-state index >= 15 is 0 Å². The second kappa shape index (κ2) is 7.83. The molecule has 0 amide bonds. The Morgan fingerprint density at radius 2 is 1.61 bits per heavy atom. The molecule has 23 heavy (non-hydrogen) atoms. The van der Waals surface area contributed by atoms with Crippen LogP contribution in [0, 0.1) is 0 Å². The monoisotopic (exact) mass is 327 g/mol. The summed E-state index contributed by atoms with van der Waals surface area (Å²) in [7, 11) is 0.160. The molecule has 120 valence electrons. The van der Waals surface area contributed by atoms with Crippen LogP contribution >= 0.6 is 8.46 Å². The van der Waals surface area contributed by atoms with E-state index in [1.165, 1.54) is 11.1 Å². The summed E-state index contributed by atoms with van der Waals surface area (Å²) >= 11 is 0. The predicted octanol–water partition coefficient (Wildman–Crippen LogP) is 3.87. The Hall–Kier alpha value is -1.54. The van der Waals surface area contributed by atoms with E-state index < -0.39 is 0 Å². The lowest BCUT2D eigenvalue weighted by Gasteiger charge is -2.23. The minimum Gasteiger partial charge on any atom is -0.396 e. The molecule has 0 saturated carbocycles. The highest BCUT2D eigenvalue weighted by Gasteiger charge is 2.43. The second-order valence-electron chi connectivity index (χ2n) is 6.04. The molecule has 3 nitrogen and oxygen atoms in total. The highest BCUT2D eigenvalue weighted by Crippen LogP contribution is 2.47. The molecular formula is C19H22NO2P. The maximum absolute atomic E-state index is 11.9. The molecular weight excluding hydrogens is 305 g/mol. The van der Waals surface area contributed by atoms with Gasteiger partial charge in [0.05, 0.1) is 5.78 Å². The number of hydrogen-bond acceptors (Lipinski definition) is 3. The molecule has 3 atom stereocenters. The van der Waals surface area contributed by atoms with E-state index in [1.54, 1.807) is 0 Å². The molecule has 3 unspecified atom stereocenters. The van der Waals surface area contributed by atoms with Crippen LogP contribution in [0.2, 0.25) is 0 Å². The number of aliphatic hydroxyl groups is 1. The first kappa shape index (κ1) is 16.3. The van der Waals surface area contributed by atoms with E-state index in [1.807, 2.05) is 24.3 Å². The fourth-order valence-corrected chi connectivity index (χ4v) is 4.49. The smallest absolute Gasteiger partial charge is 0.175 e. The molecule has 1 heterocycles. The van der Waals surface area contributed by atoms with Gasteiger partial charge in [-0.3, -0.25) is 9.46 Å². The summed E-state index contributed by atoms with van der Waals surface area (Å²) in [5.41, 5.74) is 2.53. The quantitative estimate of drug-likeness (QED) is 0.819. The van der Waals surface area contributed by atoms with Crippen LogP contribution in [0.4, 0.5) is 0 Å². The number of aliphatic hydroxyl groups excluding tert-OH is 1. The van der Waals surface area contributed by atoms with E-state index in [9.17, 15) is 4.57 Å². The molecule has 1 fully saturated rings. The van der Waals surface area contributed by atoms with Crippen LogP contribution in [0.3, 0.4) is 0 Å². The van der Waals surface area contributed by atoms with E-state index in [0.29, 0.717) is 5.92 Å². The summed E-state index contributed by atoms with van der Waals surface area (Å²) in [4.78, 5) is 2.26. The van der Waals surface area contributed by atoms with Gasteiger partial charge in [-0.25, -0.2) is 0 Å². The van der Waals surface area contributed by atoms with Crippen LogP contribution in [0.15, 0.2) is 60.7 Å². The minimum atomic E-state index is -0.0332. The summed E-state index contributed by atoms with van der Waals surface area (Å²) in [6, 6.07) is 20.9. The Kier molecular flexibility index (Phi) is 5.56. The Labute approximate surface area is 139 Å². The Balaban J connectivity index is 1.96. The van der Waals surface area contributed by atoms with Gasteiger partial charge in [0.2, 0.25) is 0 Å². The highest BCUT2D eigenvalue weighted by molar-refractivity contribution is 7.24. The third-order valence-corrected chi connectivity index (χ3v) is 5.55. The third-order valence-electron chi connectivity index (χ3n) is 4.68. The topological polar surface area (TPSA) is 40.5 Å². The lowest BCUT2D eigenvalue weighted by atomic mass is 9.84. The second-order valence-corrected chi connectivity index (χ2v) is 6.78. The zero-order chi connectivity index (χ0) is 16.1. The molecule has 2 aromatic rings. The van der Waals surface area contributed by atoms with Crippen LogP contribution in [0.5, 0.6) is 0 Å². The van der Waals surface area contributed by atoms with Crippen molar-refractivity contribution in [1.82, 2.24) is 4.90 Å². The van der Waals surface area contributed by atoms with Crippen molar-refractivity contribution < 1.29 is 9.67 Å². The first-order chi connectivity index (χ1) is 11.3. The van der Waals surface area contributed by atoms with Crippen molar-refractivity contribution in [3.05, 3.63) is 71.8 Å². The predicted molar refractivity (Wildman–Crippen MR) is 93.0 cm³/mol. The number of nitrogens with zero attached hydrogens (tertiary/aromatic N) is 1. The summed E-state index contributed by atoms with van der Waals surface area (Å²) in [5.74, 6) is 0.495. The van der Waals surface area contributed by atoms with E-state index in [0.717, 1.165) is 19.5 Å². The molecule has 0 aromatic heterocycles. The molecule has 0 aliphatic carbocycles. The van der Waals surface area contributed by atoms with Gasteiger partial charge >= 0.3 is 0 Å². The van der Waals surface area contributed by atoms with Crippen LogP contribution in [0.1, 0.15) is 29.4 Å². The average molecular weight is 327 g/mol. The SMILES string of the molecule is O=PC1C(c2ccccc2)C(c2ccccc2)CN1CCCO. The lowest BCUT2D eigenvalue weighted by molar-refractivity contribution is 0.236. The Bertz CT molecular complexity index is 620. The number of hydrogen-bond donors (Lipinski definition) is 1. The normalized spacial score (nSPS) is 25.0. The van der Waals surface area contributed by atoms with Gasteiger partial charge in [-0.05, 0) is 17.5 Å². The fourth-order valence-electron chi connectivity index (χ4n) is 3.63. The van der Waals surface area contributed by atoms with Gasteiger partial charge in [-0.2, -0.15) is 0 Å². The molecule has 4 heteroatoms. The van der Waals surface area contributed by atoms with E-state index in [4.69, 9.17) is 5.11 Å². The van der Waals surface area contributed by atoms with E-state index in [-0.39, 0.29) is 26.8 Å². The van der Waals surface area contributed by atoms with Crippen molar-refractivity contribution in [2.75, 3.05) is 19.7 Å². The van der Waals surface area contributed by atoms with Crippen molar-refractivity contribution in [3.63, 3.8) is 0 Å². The van der Waals surface area contributed by atoms with Crippen LogP contribution < -0.4 is 0 Å². The van der Waals surface area contributed by atoms with Crippen molar-refractivity contribution in [3.8, 4) is 0 Å². The minimum absolute atomic E-state index is 0.0332. The molecule has 0 spiro atoms. The summed E-state index contributed by atoms with van der Waals surface area (Å²) < 4.78 is 11.9. The van der Waals surface area contributed by atoms with Gasteiger partial charge in [0.15, 0.2) is 8.46 Å². The molecule has 1 aliphatic rings. The first-order valence-electron chi connectivity index (χ1n) is 8.12. The van der Waals surface area contributed by atoms with Crippen molar-refractivity contribution in [2.24, 2.45) is 0 Å². The largest absolute Gasteiger partial charge is 0.396 e. The van der Waals surface area contributed by atoms with Crippen molar-refractivity contribution in [1.29, 1.82) is 0 Å². The first-order valence-corrected chi connectivity index (χ1v) is 9.00. The fraction of sp³-hybridized carbons (Fsp3) is 0.368. The van der Waals surface area contributed by atoms with Gasteiger partial charge in [-0.1, -0.05) is 60.7 Å². The lowest BCUT2D eigenvalue weighted by Crippen LogP contribution is -2.29. The van der Waals surface area contributed by atoms with Crippen LogP contribution in [-0.4, -0.2) is 35.5 Å². The average Bonchev–Trinajstić information content (AvgIpc) is 3.00. The zero-order valence-corrected chi connectivity index (χ0v) is 14.0. The molecule has 0 radical (unpaired) electrons. The van der Waals surface area contributed by atoms with Gasteiger partial charge in [0.1, 0.15) is 0 Å². The number of benzene rings is 2. The standard InChI is InChI=1S/C19H22NO2P/c21-13-7-12-20-14-17(15-8-3-1-4-9-15)18(19(20)23-22)16-10-5-2-6-11-16/h1-6,8-11,17-19,21H,7,12-14H2. The zero-order valence-electron chi connectivity index (χ0n) is 13.1. The molecule has 1 N–H and O–H groups in total. The molecule has 1 aliphatic heterocycles. The van der Waals surface area contributed by atoms with E-state index in [2.05, 4.69) is 41.3 Å². The Morgan fingerprint density at radius 1 is 1.00 bits per heavy atom. The van der Waals surface area contributed by atoms with Gasteiger partial charge in [0, 0.05) is 31.5 Å². The maximum atomic E-state index is 11.9. The van der Waals surface area contributed by atoms with Crippen molar-refractivity contribution >= 4 is 8.46 Å². The van der Waals surface area contributed by atoms with Gasteiger partial charge in [-0.15, -0.1) is 0 Å². The van der Waals surface area contributed by atoms with Crippen molar-refractivity contribution in [2.45, 2.75) is 24.0 Å². The summed E-state index contributed by atoms with van der Waals surface area (Å²) in [6.45, 7) is 1.83. The van der Waals surface area contributed by atoms with Crippen LogP contribution in [0.25, 0.3) is 0 Å². The highest BCUT2D eigenvalue weighted by atomic mass is 31.1. The summed E-state index contributed by atoms with van der Waals surface area (Å²) in [6.07, 6.45) is 0.717. The molecule has 3 rings (SSSR count). The molecule has 2 aromatic carbocycles. The van der Waals surface area contributed by atoms with Gasteiger partial charge in [0.25, 0.3) is 0 Å².